The molecule has 0 unspecified atom stereocenters. The molecule has 0 atom stereocenters. The first-order valence-corrected chi connectivity index (χ1v) is 12.3. The maximum absolute atomic E-state index is 5.04. The van der Waals surface area contributed by atoms with Crippen molar-refractivity contribution >= 4 is 28.6 Å². The molecule has 0 bridgehead atoms. The van der Waals surface area contributed by atoms with Gasteiger partial charge in [-0.15, -0.1) is 0 Å². The van der Waals surface area contributed by atoms with Gasteiger partial charge in [-0.1, -0.05) is 0 Å². The van der Waals surface area contributed by atoms with Crippen molar-refractivity contribution in [2.45, 2.75) is 0 Å². The Labute approximate surface area is 45.6 Å². The molecule has 2 N–H and O–H groups in total. The van der Waals surface area contributed by atoms with Crippen molar-refractivity contribution in [1.82, 2.24) is 0 Å². The quantitative estimate of drug-likeness (QED) is 0.721. The molecule has 1 nitrogen and oxygen atoms in total. The van der Waals surface area contributed by atoms with Crippen LogP contribution in [0.15, 0.2) is 0 Å². The molecular weight excluding hydrogens is 307 g/mol. The molecule has 0 heterocycles. The molecule has 0 aliphatic carbocycles. The standard InChI is InChI=1S/3ClH.H2N.Re/h3*1H;1H2;/q;;;-1;+4/p-3. The van der Waals surface area contributed by atoms with E-state index < -0.39 is 12.7 Å². The Balaban J connectivity index is 3.02. The fraction of sp³-hybridized carbons (Fsp3) is 0. The average Bonchev–Trinajstić information content (AvgIpc) is 0.722. The molecule has 0 radical (unpaired) electrons. The van der Waals surface area contributed by atoms with E-state index in [1.54, 1.807) is 0 Å². The van der Waals surface area contributed by atoms with Gasteiger partial charge >= 0.3 is 45.7 Å². The van der Waals surface area contributed by atoms with E-state index in [-0.39, 0.29) is 0 Å². The first-order chi connectivity index (χ1) is 2.00. The van der Waals surface area contributed by atoms with Gasteiger partial charge in [0, 0.05) is 0 Å². The van der Waals surface area contributed by atoms with E-state index >= 15 is 0 Å². The summed E-state index contributed by atoms with van der Waals surface area (Å²) >= 11 is -3.19. The van der Waals surface area contributed by atoms with E-state index in [0.717, 1.165) is 0 Å². The zero-order valence-electron chi connectivity index (χ0n) is 2.09. The van der Waals surface area contributed by atoms with Gasteiger partial charge in [0.1, 0.15) is 0 Å². The summed E-state index contributed by atoms with van der Waals surface area (Å²) in [5.41, 5.74) is 0. The summed E-state index contributed by atoms with van der Waals surface area (Å²) < 4.78 is 4.85. The maximum atomic E-state index is 5.04. The molecule has 0 aliphatic heterocycles. The zero-order chi connectivity index (χ0) is 4.50. The first kappa shape index (κ1) is 6.49. The van der Waals surface area contributed by atoms with Crippen LogP contribution in [0.25, 0.3) is 0 Å². The third-order valence-corrected chi connectivity index (χ3v) is 0. The molecule has 0 aromatic carbocycles. The molecule has 0 aromatic heterocycles. The van der Waals surface area contributed by atoms with Gasteiger partial charge in [0.05, 0.1) is 0 Å². The van der Waals surface area contributed by atoms with Crippen LogP contribution in [0.2, 0.25) is 0 Å². The van der Waals surface area contributed by atoms with Gasteiger partial charge in [0.2, 0.25) is 0 Å². The van der Waals surface area contributed by atoms with E-state index in [1.165, 1.54) is 0 Å². The Morgan fingerprint density at radius 3 is 1.20 bits per heavy atom. The first-order valence-electron chi connectivity index (χ1n) is 0.647. The molecule has 0 fully saturated rings. The number of halogens is 3. The second-order valence-electron chi connectivity index (χ2n) is 0.409. The second-order valence-corrected chi connectivity index (χ2v) is 18.0. The van der Waals surface area contributed by atoms with Crippen LogP contribution in [0.1, 0.15) is 0 Å². The number of hydrogen-bond acceptors (Lipinski definition) is 1. The average molecular weight is 309 g/mol. The molecule has 5 heteroatoms. The monoisotopic (exact) mass is 308 g/mol. The Morgan fingerprint density at radius 2 is 1.20 bits per heavy atom. The van der Waals surface area contributed by atoms with Crippen molar-refractivity contribution in [2.75, 3.05) is 0 Å². The van der Waals surface area contributed by atoms with Crippen molar-refractivity contribution in [3.63, 3.8) is 0 Å². The van der Waals surface area contributed by atoms with E-state index in [4.69, 9.17) is 33.0 Å². The molecule has 0 saturated carbocycles. The zero-order valence-corrected chi connectivity index (χ0v) is 7.07. The van der Waals surface area contributed by atoms with Crippen molar-refractivity contribution in [1.29, 1.82) is 0 Å². The van der Waals surface area contributed by atoms with Crippen LogP contribution in [0.3, 0.4) is 0 Å². The summed E-state index contributed by atoms with van der Waals surface area (Å²) in [6.07, 6.45) is 0. The Hall–Kier alpha value is 1.49. The molecule has 0 aromatic rings. The molecule has 5 heavy (non-hydrogen) atoms. The van der Waals surface area contributed by atoms with Crippen molar-refractivity contribution in [2.24, 2.45) is 4.37 Å². The fourth-order valence-electron chi connectivity index (χ4n) is 0. The van der Waals surface area contributed by atoms with Crippen molar-refractivity contribution in [3.05, 3.63) is 0 Å². The van der Waals surface area contributed by atoms with E-state index in [2.05, 4.69) is 0 Å². The van der Waals surface area contributed by atoms with Crippen molar-refractivity contribution < 1.29 is 12.7 Å². The molecule has 35 valence electrons. The normalized spacial score (nSPS) is 15.2. The Bertz CT molecular complexity index is 22.4. The van der Waals surface area contributed by atoms with Crippen LogP contribution in [0.5, 0.6) is 0 Å². The topological polar surface area (TPSA) is 26.0 Å². The van der Waals surface area contributed by atoms with Crippen LogP contribution < -0.4 is 4.37 Å². The Kier molecular flexibility index (Phi) is 2.56. The Morgan fingerprint density at radius 1 is 1.20 bits per heavy atom. The van der Waals surface area contributed by atoms with Crippen LogP contribution in [-0.2, 0) is 12.7 Å². The van der Waals surface area contributed by atoms with Gasteiger partial charge in [-0.05, 0) is 0 Å². The van der Waals surface area contributed by atoms with Gasteiger partial charge < -0.3 is 0 Å². The minimum atomic E-state index is -3.19. The summed E-state index contributed by atoms with van der Waals surface area (Å²) in [4.78, 5) is 0. The second kappa shape index (κ2) is 1.97. The van der Waals surface area contributed by atoms with Gasteiger partial charge in [-0.2, -0.15) is 0 Å². The van der Waals surface area contributed by atoms with Gasteiger partial charge in [-0.25, -0.2) is 0 Å². The summed E-state index contributed by atoms with van der Waals surface area (Å²) in [7, 11) is 15.1. The summed E-state index contributed by atoms with van der Waals surface area (Å²) in [6, 6.07) is 0. The van der Waals surface area contributed by atoms with E-state index in [9.17, 15) is 0 Å². The SMILES string of the molecule is [NH2][Re]([Cl])([Cl])[Cl]. The predicted molar refractivity (Wildman–Crippen MR) is 21.7 cm³/mol. The van der Waals surface area contributed by atoms with Gasteiger partial charge in [0.15, 0.2) is 0 Å². The summed E-state index contributed by atoms with van der Waals surface area (Å²) in [5, 5.41) is 0. The summed E-state index contributed by atoms with van der Waals surface area (Å²) in [6.45, 7) is 0. The van der Waals surface area contributed by atoms with Gasteiger partial charge in [0.25, 0.3) is 0 Å². The van der Waals surface area contributed by atoms with Crippen molar-refractivity contribution in [3.8, 4) is 0 Å². The van der Waals surface area contributed by atoms with E-state index in [1.807, 2.05) is 0 Å². The predicted octanol–water partition coefficient (Wildman–Crippen LogP) is 1.48. The molecular formula is H2Cl3NRe. The third-order valence-electron chi connectivity index (χ3n) is 0. The van der Waals surface area contributed by atoms with E-state index in [0.29, 0.717) is 0 Å². The molecule has 0 spiro atoms. The number of nitrogens with two attached hydrogens (primary N) is 1. The molecule has 0 amide bonds. The van der Waals surface area contributed by atoms with Crippen LogP contribution in [0.4, 0.5) is 0 Å². The van der Waals surface area contributed by atoms with Crippen LogP contribution in [0, 0.1) is 0 Å². The fourth-order valence-corrected chi connectivity index (χ4v) is 0. The minimum absolute atomic E-state index is 3.19. The molecule has 0 rings (SSSR count). The van der Waals surface area contributed by atoms with Crippen LogP contribution >= 0.6 is 28.6 Å². The van der Waals surface area contributed by atoms with Crippen LogP contribution in [-0.4, -0.2) is 0 Å². The van der Waals surface area contributed by atoms with Gasteiger partial charge in [-0.3, -0.25) is 0 Å². The molecule has 0 aliphatic rings. The third kappa shape index (κ3) is 30.1. The number of hydrogen-bond donors (Lipinski definition) is 1. The molecule has 0 saturated heterocycles. The summed E-state index contributed by atoms with van der Waals surface area (Å²) in [5.74, 6) is 0. The number of rotatable bonds is 0.